The summed E-state index contributed by atoms with van der Waals surface area (Å²) in [7, 11) is 1.63. The number of aromatic amines is 1. The van der Waals surface area contributed by atoms with Crippen LogP contribution in [0.25, 0.3) is 34.1 Å². The number of methoxy groups -OCH3 is 1. The molecule has 33 heavy (non-hydrogen) atoms. The molecule has 0 aliphatic carbocycles. The molecule has 3 aromatic carbocycles. The first-order chi connectivity index (χ1) is 16.2. The van der Waals surface area contributed by atoms with Crippen LogP contribution < -0.4 is 10.1 Å². The fraction of sp³-hybridized carbons (Fsp3) is 0.0385. The number of benzene rings is 3. The van der Waals surface area contributed by atoms with Crippen LogP contribution in [0.15, 0.2) is 91.1 Å². The van der Waals surface area contributed by atoms with Gasteiger partial charge in [0.25, 0.3) is 5.91 Å². The summed E-state index contributed by atoms with van der Waals surface area (Å²) in [5.74, 6) is 0.881. The van der Waals surface area contributed by atoms with Crippen LogP contribution in [-0.4, -0.2) is 32.8 Å². The van der Waals surface area contributed by atoms with Crippen LogP contribution in [0.2, 0.25) is 0 Å². The largest absolute Gasteiger partial charge is 0.497 e. The molecule has 0 bridgehead atoms. The summed E-state index contributed by atoms with van der Waals surface area (Å²) in [6, 6.07) is 25.1. The molecule has 2 N–H and O–H groups in total. The fourth-order valence-corrected chi connectivity index (χ4v) is 3.53. The zero-order valence-corrected chi connectivity index (χ0v) is 17.9. The predicted molar refractivity (Wildman–Crippen MR) is 129 cm³/mol. The maximum absolute atomic E-state index is 12.6. The van der Waals surface area contributed by atoms with Gasteiger partial charge in [-0.3, -0.25) is 10.1 Å². The third-order valence-electron chi connectivity index (χ3n) is 5.17. The SMILES string of the molecule is COc1ccc(-c2nn(-c3ccccc3)cc2C=CC(=O)Nc2nc3ccccc3[nH]2)cc1. The van der Waals surface area contributed by atoms with Gasteiger partial charge >= 0.3 is 0 Å². The summed E-state index contributed by atoms with van der Waals surface area (Å²) in [4.78, 5) is 20.0. The van der Waals surface area contributed by atoms with Crippen molar-refractivity contribution in [3.8, 4) is 22.7 Å². The van der Waals surface area contributed by atoms with Gasteiger partial charge in [-0.15, -0.1) is 0 Å². The minimum absolute atomic E-state index is 0.290. The Morgan fingerprint density at radius 3 is 2.52 bits per heavy atom. The van der Waals surface area contributed by atoms with Gasteiger partial charge < -0.3 is 9.72 Å². The van der Waals surface area contributed by atoms with E-state index in [1.54, 1.807) is 17.9 Å². The second-order valence-electron chi connectivity index (χ2n) is 7.37. The van der Waals surface area contributed by atoms with Crippen LogP contribution in [0.1, 0.15) is 5.56 Å². The van der Waals surface area contributed by atoms with E-state index in [9.17, 15) is 4.79 Å². The number of ether oxygens (including phenoxy) is 1. The molecule has 0 atom stereocenters. The molecule has 2 aromatic heterocycles. The van der Waals surface area contributed by atoms with Crippen LogP contribution >= 0.6 is 0 Å². The summed E-state index contributed by atoms with van der Waals surface area (Å²) in [6.45, 7) is 0. The van der Waals surface area contributed by atoms with Crippen molar-refractivity contribution in [2.75, 3.05) is 12.4 Å². The highest BCUT2D eigenvalue weighted by Crippen LogP contribution is 2.27. The highest BCUT2D eigenvalue weighted by molar-refractivity contribution is 6.02. The van der Waals surface area contributed by atoms with Crippen molar-refractivity contribution in [1.29, 1.82) is 0 Å². The average molecular weight is 435 g/mol. The monoisotopic (exact) mass is 435 g/mol. The Balaban J connectivity index is 1.44. The minimum Gasteiger partial charge on any atom is -0.497 e. The molecule has 0 aliphatic rings. The van der Waals surface area contributed by atoms with Gasteiger partial charge in [0.2, 0.25) is 5.95 Å². The van der Waals surface area contributed by atoms with Gasteiger partial charge in [-0.25, -0.2) is 9.67 Å². The van der Waals surface area contributed by atoms with Gasteiger partial charge in [0, 0.05) is 23.4 Å². The Bertz CT molecular complexity index is 1400. The third kappa shape index (κ3) is 4.38. The Morgan fingerprint density at radius 2 is 1.76 bits per heavy atom. The number of rotatable bonds is 6. The molecule has 0 aliphatic heterocycles. The highest BCUT2D eigenvalue weighted by Gasteiger charge is 2.12. The van der Waals surface area contributed by atoms with E-state index in [0.717, 1.165) is 39.3 Å². The molecule has 0 fully saturated rings. The molecular formula is C26H21N5O2. The van der Waals surface area contributed by atoms with Crippen molar-refractivity contribution in [3.63, 3.8) is 0 Å². The standard InChI is InChI=1S/C26H21N5O2/c1-33-21-14-11-18(12-15-21)25-19(17-31(30-25)20-7-3-2-4-8-20)13-16-24(32)29-26-27-22-9-5-6-10-23(22)28-26/h2-17H,1H3,(H2,27,28,29,32). The quantitative estimate of drug-likeness (QED) is 0.365. The van der Waals surface area contributed by atoms with E-state index in [1.807, 2.05) is 85.1 Å². The van der Waals surface area contributed by atoms with Gasteiger partial charge in [0.05, 0.1) is 29.5 Å². The van der Waals surface area contributed by atoms with E-state index < -0.39 is 0 Å². The Morgan fingerprint density at radius 1 is 1.00 bits per heavy atom. The number of hydrogen-bond acceptors (Lipinski definition) is 4. The highest BCUT2D eigenvalue weighted by atomic mass is 16.5. The van der Waals surface area contributed by atoms with E-state index in [1.165, 1.54) is 6.08 Å². The lowest BCUT2D eigenvalue weighted by atomic mass is 10.1. The topological polar surface area (TPSA) is 84.8 Å². The lowest BCUT2D eigenvalue weighted by Crippen LogP contribution is -2.08. The molecule has 2 heterocycles. The van der Waals surface area contributed by atoms with Crippen LogP contribution in [0.3, 0.4) is 0 Å². The Labute approximate surface area is 190 Å². The molecule has 1 amide bonds. The van der Waals surface area contributed by atoms with E-state index in [2.05, 4.69) is 15.3 Å². The fourth-order valence-electron chi connectivity index (χ4n) is 3.53. The first kappa shape index (κ1) is 20.3. The molecule has 162 valence electrons. The number of fused-ring (bicyclic) bond motifs is 1. The number of imidazole rings is 1. The zero-order chi connectivity index (χ0) is 22.6. The van der Waals surface area contributed by atoms with Crippen molar-refractivity contribution in [2.24, 2.45) is 0 Å². The number of carbonyl (C=O) groups excluding carboxylic acids is 1. The van der Waals surface area contributed by atoms with Crippen molar-refractivity contribution < 1.29 is 9.53 Å². The van der Waals surface area contributed by atoms with Crippen LogP contribution in [0.5, 0.6) is 5.75 Å². The van der Waals surface area contributed by atoms with Crippen LogP contribution in [-0.2, 0) is 4.79 Å². The van der Waals surface area contributed by atoms with Gasteiger partial charge in [-0.2, -0.15) is 5.10 Å². The number of hydrogen-bond donors (Lipinski definition) is 2. The molecule has 0 saturated carbocycles. The number of para-hydroxylation sites is 3. The number of aromatic nitrogens is 4. The Kier molecular flexibility index (Phi) is 5.43. The third-order valence-corrected chi connectivity index (χ3v) is 5.17. The normalized spacial score (nSPS) is 11.2. The number of amides is 1. The van der Waals surface area contributed by atoms with Gasteiger partial charge in [-0.1, -0.05) is 30.3 Å². The first-order valence-electron chi connectivity index (χ1n) is 10.4. The maximum atomic E-state index is 12.6. The molecule has 5 aromatic rings. The number of nitrogens with one attached hydrogen (secondary N) is 2. The van der Waals surface area contributed by atoms with Crippen LogP contribution in [0, 0.1) is 0 Å². The summed E-state index contributed by atoms with van der Waals surface area (Å²) in [5.41, 5.74) is 5.07. The van der Waals surface area contributed by atoms with Crippen molar-refractivity contribution in [3.05, 3.63) is 96.7 Å². The first-order valence-corrected chi connectivity index (χ1v) is 10.4. The van der Waals surface area contributed by atoms with Gasteiger partial charge in [-0.05, 0) is 54.6 Å². The summed E-state index contributed by atoms with van der Waals surface area (Å²) in [6.07, 6.45) is 5.14. The number of nitrogens with zero attached hydrogens (tertiary/aromatic N) is 3. The zero-order valence-electron chi connectivity index (χ0n) is 17.9. The molecule has 0 saturated heterocycles. The van der Waals surface area contributed by atoms with Crippen molar-refractivity contribution in [1.82, 2.24) is 19.7 Å². The van der Waals surface area contributed by atoms with Gasteiger partial charge in [0.1, 0.15) is 5.75 Å². The molecule has 0 unspecified atom stereocenters. The van der Waals surface area contributed by atoms with E-state index in [0.29, 0.717) is 5.95 Å². The maximum Gasteiger partial charge on any atom is 0.250 e. The Hall–Kier alpha value is -4.65. The summed E-state index contributed by atoms with van der Waals surface area (Å²) < 4.78 is 7.07. The molecule has 0 radical (unpaired) electrons. The lowest BCUT2D eigenvalue weighted by molar-refractivity contribution is -0.111. The minimum atomic E-state index is -0.290. The number of anilines is 1. The number of carbonyl (C=O) groups is 1. The lowest BCUT2D eigenvalue weighted by Gasteiger charge is -2.02. The van der Waals surface area contributed by atoms with Crippen LogP contribution in [0.4, 0.5) is 5.95 Å². The van der Waals surface area contributed by atoms with E-state index in [4.69, 9.17) is 9.84 Å². The van der Waals surface area contributed by atoms with E-state index >= 15 is 0 Å². The average Bonchev–Trinajstić information content (AvgIpc) is 3.47. The molecule has 7 nitrogen and oxygen atoms in total. The smallest absolute Gasteiger partial charge is 0.250 e. The molecule has 7 heteroatoms. The van der Waals surface area contributed by atoms with Crippen molar-refractivity contribution in [2.45, 2.75) is 0 Å². The molecular weight excluding hydrogens is 414 g/mol. The second kappa shape index (κ2) is 8.84. The molecule has 0 spiro atoms. The summed E-state index contributed by atoms with van der Waals surface area (Å²) >= 11 is 0. The van der Waals surface area contributed by atoms with E-state index in [-0.39, 0.29) is 5.91 Å². The predicted octanol–water partition coefficient (Wildman–Crippen LogP) is 5.08. The summed E-state index contributed by atoms with van der Waals surface area (Å²) in [5, 5.41) is 7.55. The van der Waals surface area contributed by atoms with Gasteiger partial charge in [0.15, 0.2) is 0 Å². The molecule has 5 rings (SSSR count). The second-order valence-corrected chi connectivity index (χ2v) is 7.37. The number of H-pyrrole nitrogens is 1. The van der Waals surface area contributed by atoms with Crippen molar-refractivity contribution >= 4 is 29.0 Å².